The average molecular weight is 251 g/mol. The zero-order valence-electron chi connectivity index (χ0n) is 11.0. The summed E-state index contributed by atoms with van der Waals surface area (Å²) in [6, 6.07) is 19.8. The van der Waals surface area contributed by atoms with Crippen molar-refractivity contribution in [2.45, 2.75) is 24.8 Å². The SMILES string of the molecule is CC1(NC(=O)c2ccccc2)CC1c1ccccc1. The average Bonchev–Trinajstić information content (AvgIpc) is 3.12. The van der Waals surface area contributed by atoms with Gasteiger partial charge in [-0.25, -0.2) is 0 Å². The summed E-state index contributed by atoms with van der Waals surface area (Å²) in [5.74, 6) is 0.447. The number of rotatable bonds is 3. The van der Waals surface area contributed by atoms with Crippen molar-refractivity contribution < 1.29 is 4.79 Å². The third-order valence-electron chi connectivity index (χ3n) is 3.87. The van der Waals surface area contributed by atoms with Crippen molar-refractivity contribution in [2.24, 2.45) is 0 Å². The van der Waals surface area contributed by atoms with E-state index in [-0.39, 0.29) is 11.4 Å². The van der Waals surface area contributed by atoms with Crippen LogP contribution in [0.3, 0.4) is 0 Å². The second kappa shape index (κ2) is 4.54. The van der Waals surface area contributed by atoms with E-state index in [4.69, 9.17) is 0 Å². The van der Waals surface area contributed by atoms with Gasteiger partial charge in [0.1, 0.15) is 0 Å². The molecule has 0 heterocycles. The highest BCUT2D eigenvalue weighted by Gasteiger charge is 2.51. The largest absolute Gasteiger partial charge is 0.346 e. The Morgan fingerprint density at radius 1 is 1.05 bits per heavy atom. The lowest BCUT2D eigenvalue weighted by Gasteiger charge is -2.14. The lowest BCUT2D eigenvalue weighted by Crippen LogP contribution is -2.35. The number of carbonyl (C=O) groups is 1. The molecule has 1 amide bonds. The zero-order chi connectivity index (χ0) is 13.3. The van der Waals surface area contributed by atoms with Crippen molar-refractivity contribution in [3.8, 4) is 0 Å². The van der Waals surface area contributed by atoms with Crippen LogP contribution >= 0.6 is 0 Å². The minimum absolute atomic E-state index is 0.0153. The number of hydrogen-bond acceptors (Lipinski definition) is 1. The smallest absolute Gasteiger partial charge is 0.251 e. The van der Waals surface area contributed by atoms with Gasteiger partial charge in [0.25, 0.3) is 5.91 Å². The third-order valence-corrected chi connectivity index (χ3v) is 3.87. The molecule has 0 spiro atoms. The van der Waals surface area contributed by atoms with E-state index in [9.17, 15) is 4.79 Å². The fraction of sp³-hybridized carbons (Fsp3) is 0.235. The molecule has 0 aliphatic heterocycles. The molecule has 2 nitrogen and oxygen atoms in total. The van der Waals surface area contributed by atoms with Gasteiger partial charge in [-0.15, -0.1) is 0 Å². The van der Waals surface area contributed by atoms with Crippen LogP contribution in [-0.2, 0) is 0 Å². The molecule has 1 aliphatic carbocycles. The summed E-state index contributed by atoms with van der Waals surface area (Å²) in [7, 11) is 0. The van der Waals surface area contributed by atoms with Crippen LogP contribution in [0.2, 0.25) is 0 Å². The van der Waals surface area contributed by atoms with E-state index in [2.05, 4.69) is 24.4 Å². The molecular formula is C17H17NO. The van der Waals surface area contributed by atoms with E-state index in [1.165, 1.54) is 5.56 Å². The highest BCUT2D eigenvalue weighted by Crippen LogP contribution is 2.51. The lowest BCUT2D eigenvalue weighted by atomic mass is 10.1. The van der Waals surface area contributed by atoms with Gasteiger partial charge >= 0.3 is 0 Å². The van der Waals surface area contributed by atoms with Gasteiger partial charge in [0.15, 0.2) is 0 Å². The normalized spacial score (nSPS) is 24.8. The zero-order valence-corrected chi connectivity index (χ0v) is 11.0. The van der Waals surface area contributed by atoms with Crippen LogP contribution in [0, 0.1) is 0 Å². The molecule has 96 valence electrons. The van der Waals surface area contributed by atoms with Crippen LogP contribution in [0.25, 0.3) is 0 Å². The number of benzene rings is 2. The Kier molecular flexibility index (Phi) is 2.86. The monoisotopic (exact) mass is 251 g/mol. The molecule has 1 saturated carbocycles. The number of nitrogens with one attached hydrogen (secondary N) is 1. The Balaban J connectivity index is 1.70. The van der Waals surface area contributed by atoms with Gasteiger partial charge in [0.2, 0.25) is 0 Å². The van der Waals surface area contributed by atoms with Gasteiger partial charge in [-0.1, -0.05) is 48.5 Å². The molecule has 19 heavy (non-hydrogen) atoms. The standard InChI is InChI=1S/C17H17NO/c1-17(12-15(17)13-8-4-2-5-9-13)18-16(19)14-10-6-3-7-11-14/h2-11,15H,12H2,1H3,(H,18,19). The Hall–Kier alpha value is -2.09. The van der Waals surface area contributed by atoms with Gasteiger partial charge in [0.05, 0.1) is 0 Å². The second-order valence-corrected chi connectivity index (χ2v) is 5.41. The van der Waals surface area contributed by atoms with Gasteiger partial charge in [-0.05, 0) is 31.0 Å². The van der Waals surface area contributed by atoms with Gasteiger partial charge in [0, 0.05) is 17.0 Å². The molecule has 3 rings (SSSR count). The van der Waals surface area contributed by atoms with Crippen molar-refractivity contribution >= 4 is 5.91 Å². The van der Waals surface area contributed by atoms with E-state index < -0.39 is 0 Å². The molecule has 2 heteroatoms. The molecule has 2 aromatic rings. The first-order valence-corrected chi connectivity index (χ1v) is 6.61. The molecule has 0 aromatic heterocycles. The topological polar surface area (TPSA) is 29.1 Å². The second-order valence-electron chi connectivity index (χ2n) is 5.41. The number of hydrogen-bond donors (Lipinski definition) is 1. The Morgan fingerprint density at radius 2 is 1.63 bits per heavy atom. The van der Waals surface area contributed by atoms with Gasteiger partial charge < -0.3 is 5.32 Å². The third kappa shape index (κ3) is 2.39. The summed E-state index contributed by atoms with van der Waals surface area (Å²) in [6.07, 6.45) is 1.01. The van der Waals surface area contributed by atoms with Crippen LogP contribution in [0.4, 0.5) is 0 Å². The van der Waals surface area contributed by atoms with Crippen LogP contribution in [0.1, 0.15) is 35.2 Å². The van der Waals surface area contributed by atoms with E-state index >= 15 is 0 Å². The molecule has 2 atom stereocenters. The van der Waals surface area contributed by atoms with Crippen molar-refractivity contribution in [3.05, 3.63) is 71.8 Å². The molecular weight excluding hydrogens is 234 g/mol. The quantitative estimate of drug-likeness (QED) is 0.890. The predicted octanol–water partition coefficient (Wildman–Crippen LogP) is 3.36. The van der Waals surface area contributed by atoms with Crippen LogP contribution in [0.15, 0.2) is 60.7 Å². The molecule has 2 unspecified atom stereocenters. The molecule has 1 N–H and O–H groups in total. The molecule has 0 radical (unpaired) electrons. The van der Waals surface area contributed by atoms with Gasteiger partial charge in [-0.3, -0.25) is 4.79 Å². The van der Waals surface area contributed by atoms with Crippen LogP contribution < -0.4 is 5.32 Å². The highest BCUT2D eigenvalue weighted by atomic mass is 16.1. The van der Waals surface area contributed by atoms with E-state index in [1.54, 1.807) is 0 Å². The van der Waals surface area contributed by atoms with Crippen molar-refractivity contribution in [3.63, 3.8) is 0 Å². The van der Waals surface area contributed by atoms with Crippen LogP contribution in [-0.4, -0.2) is 11.4 Å². The minimum Gasteiger partial charge on any atom is -0.346 e. The lowest BCUT2D eigenvalue weighted by molar-refractivity contribution is 0.0934. The maximum Gasteiger partial charge on any atom is 0.251 e. The van der Waals surface area contributed by atoms with Crippen molar-refractivity contribution in [2.75, 3.05) is 0 Å². The summed E-state index contributed by atoms with van der Waals surface area (Å²) in [6.45, 7) is 2.12. The first-order chi connectivity index (χ1) is 9.19. The van der Waals surface area contributed by atoms with E-state index in [0.717, 1.165) is 12.0 Å². The van der Waals surface area contributed by atoms with Crippen molar-refractivity contribution in [1.29, 1.82) is 0 Å². The van der Waals surface area contributed by atoms with Crippen molar-refractivity contribution in [1.82, 2.24) is 5.32 Å². The Labute approximate surface area is 113 Å². The molecule has 2 aromatic carbocycles. The maximum atomic E-state index is 12.2. The van der Waals surface area contributed by atoms with Crippen LogP contribution in [0.5, 0.6) is 0 Å². The van der Waals surface area contributed by atoms with E-state index in [0.29, 0.717) is 5.92 Å². The number of amides is 1. The molecule has 0 saturated heterocycles. The molecule has 1 fully saturated rings. The predicted molar refractivity (Wildman–Crippen MR) is 76.1 cm³/mol. The number of carbonyl (C=O) groups excluding carboxylic acids is 1. The first-order valence-electron chi connectivity index (χ1n) is 6.61. The summed E-state index contributed by atoms with van der Waals surface area (Å²) in [4.78, 5) is 12.2. The Morgan fingerprint density at radius 3 is 2.26 bits per heavy atom. The maximum absolute atomic E-state index is 12.2. The minimum atomic E-state index is -0.103. The fourth-order valence-corrected chi connectivity index (χ4v) is 2.60. The fourth-order valence-electron chi connectivity index (χ4n) is 2.60. The van der Waals surface area contributed by atoms with Gasteiger partial charge in [-0.2, -0.15) is 0 Å². The summed E-state index contributed by atoms with van der Waals surface area (Å²) < 4.78 is 0. The highest BCUT2D eigenvalue weighted by molar-refractivity contribution is 5.95. The molecule has 0 bridgehead atoms. The summed E-state index contributed by atoms with van der Waals surface area (Å²) in [5, 5.41) is 3.16. The molecule has 1 aliphatic rings. The summed E-state index contributed by atoms with van der Waals surface area (Å²) in [5.41, 5.74) is 1.93. The van der Waals surface area contributed by atoms with E-state index in [1.807, 2.05) is 48.5 Å². The first kappa shape index (κ1) is 12.0. The Bertz CT molecular complexity index is 579. The summed E-state index contributed by atoms with van der Waals surface area (Å²) >= 11 is 0.